The zero-order valence-electron chi connectivity index (χ0n) is 23.2. The minimum Gasteiger partial charge on any atom is -0.475 e. The van der Waals surface area contributed by atoms with Crippen LogP contribution in [-0.2, 0) is 21.6 Å². The quantitative estimate of drug-likeness (QED) is 0.315. The zero-order chi connectivity index (χ0) is 31.5. The fourth-order valence-electron chi connectivity index (χ4n) is 3.99. The summed E-state index contributed by atoms with van der Waals surface area (Å²) < 4.78 is 55.9. The van der Waals surface area contributed by atoms with Crippen molar-refractivity contribution in [2.24, 2.45) is 0 Å². The number of aliphatic carboxylic acids is 1. The fraction of sp³-hybridized carbons (Fsp3) is 0.385. The molecule has 0 radical (unpaired) electrons. The molecule has 0 spiro atoms. The number of nitrogens with one attached hydrogen (secondary N) is 1. The van der Waals surface area contributed by atoms with E-state index in [1.54, 1.807) is 27.5 Å². The van der Waals surface area contributed by atoms with Gasteiger partial charge in [-0.2, -0.15) is 18.3 Å². The van der Waals surface area contributed by atoms with Gasteiger partial charge >= 0.3 is 12.1 Å². The summed E-state index contributed by atoms with van der Waals surface area (Å²) in [6.07, 6.45) is -0.230. The van der Waals surface area contributed by atoms with Gasteiger partial charge in [0.25, 0.3) is 5.91 Å². The Morgan fingerprint density at radius 3 is 2.42 bits per heavy atom. The van der Waals surface area contributed by atoms with E-state index in [9.17, 15) is 18.0 Å². The number of hydrogen-bond donors (Lipinski definition) is 2. The topological polar surface area (TPSA) is 140 Å². The number of rotatable bonds is 5. The van der Waals surface area contributed by atoms with Crippen LogP contribution < -0.4 is 10.2 Å². The number of benzene rings is 1. The normalized spacial score (nSPS) is 13.9. The van der Waals surface area contributed by atoms with Crippen LogP contribution in [0.3, 0.4) is 0 Å². The van der Waals surface area contributed by atoms with E-state index in [2.05, 4.69) is 30.6 Å². The van der Waals surface area contributed by atoms with E-state index < -0.39 is 23.9 Å². The average Bonchev–Trinajstić information content (AvgIpc) is 3.62. The van der Waals surface area contributed by atoms with Gasteiger partial charge in [0.2, 0.25) is 0 Å². The zero-order valence-corrected chi connectivity index (χ0v) is 23.9. The third-order valence-corrected chi connectivity index (χ3v) is 6.69. The van der Waals surface area contributed by atoms with Crippen molar-refractivity contribution in [3.63, 3.8) is 0 Å². The van der Waals surface area contributed by atoms with E-state index in [1.165, 1.54) is 6.33 Å². The number of amides is 1. The van der Waals surface area contributed by atoms with Gasteiger partial charge in [-0.15, -0.1) is 5.10 Å². The first-order valence-corrected chi connectivity index (χ1v) is 13.2. The maximum Gasteiger partial charge on any atom is 0.490 e. The maximum atomic E-state index is 15.5. The summed E-state index contributed by atoms with van der Waals surface area (Å²) in [5.41, 5.74) is 2.62. The highest BCUT2D eigenvalue weighted by molar-refractivity contribution is 6.31. The lowest BCUT2D eigenvalue weighted by Gasteiger charge is -2.27. The van der Waals surface area contributed by atoms with Crippen LogP contribution in [0, 0.1) is 5.82 Å². The predicted molar refractivity (Wildman–Crippen MR) is 146 cm³/mol. The molecule has 0 unspecified atom stereocenters. The molecule has 5 rings (SSSR count). The van der Waals surface area contributed by atoms with Crippen molar-refractivity contribution in [3.05, 3.63) is 59.0 Å². The number of halogens is 5. The lowest BCUT2D eigenvalue weighted by molar-refractivity contribution is -0.192. The minimum atomic E-state index is -5.08. The van der Waals surface area contributed by atoms with Crippen molar-refractivity contribution >= 4 is 34.7 Å². The van der Waals surface area contributed by atoms with E-state index >= 15 is 4.39 Å². The second-order valence-electron chi connectivity index (χ2n) is 10.3. The number of morpholine rings is 1. The smallest absolute Gasteiger partial charge is 0.475 e. The molecule has 1 saturated heterocycles. The van der Waals surface area contributed by atoms with E-state index in [-0.39, 0.29) is 28.4 Å². The van der Waals surface area contributed by atoms with Crippen molar-refractivity contribution in [1.82, 2.24) is 34.9 Å². The third-order valence-electron chi connectivity index (χ3n) is 6.28. The number of ether oxygens (including phenoxy) is 1. The highest BCUT2D eigenvalue weighted by Gasteiger charge is 2.38. The summed E-state index contributed by atoms with van der Waals surface area (Å²) in [4.78, 5) is 28.0. The molecule has 3 aromatic heterocycles. The molecule has 2 N–H and O–H groups in total. The number of hydrogen-bond acceptors (Lipinski definition) is 8. The molecule has 1 aliphatic rings. The van der Waals surface area contributed by atoms with E-state index in [1.807, 2.05) is 33.0 Å². The number of fused-ring (bicyclic) bond motifs is 1. The number of alkyl halides is 3. The van der Waals surface area contributed by atoms with Gasteiger partial charge < -0.3 is 20.1 Å². The predicted octanol–water partition coefficient (Wildman–Crippen LogP) is 3.94. The van der Waals surface area contributed by atoms with Crippen molar-refractivity contribution in [3.8, 4) is 11.3 Å². The van der Waals surface area contributed by atoms with Gasteiger partial charge in [-0.25, -0.2) is 23.4 Å². The van der Waals surface area contributed by atoms with Crippen LogP contribution in [0.4, 0.5) is 23.2 Å². The summed E-state index contributed by atoms with van der Waals surface area (Å²) in [6.45, 7) is 8.75. The first-order valence-electron chi connectivity index (χ1n) is 12.8. The second-order valence-corrected chi connectivity index (χ2v) is 10.7. The lowest BCUT2D eigenvalue weighted by Crippen LogP contribution is -2.35. The number of aromatic nitrogens is 6. The van der Waals surface area contributed by atoms with Crippen LogP contribution in [-0.4, -0.2) is 79.1 Å². The van der Waals surface area contributed by atoms with Gasteiger partial charge in [-0.1, -0.05) is 22.9 Å². The fourth-order valence-corrected chi connectivity index (χ4v) is 4.22. The average molecular weight is 627 g/mol. The second kappa shape index (κ2) is 12.5. The van der Waals surface area contributed by atoms with Crippen molar-refractivity contribution in [2.45, 2.75) is 39.0 Å². The minimum absolute atomic E-state index is 0.0305. The molecule has 4 aromatic rings. The summed E-state index contributed by atoms with van der Waals surface area (Å²) in [5, 5.41) is 22.0. The molecule has 43 heavy (non-hydrogen) atoms. The van der Waals surface area contributed by atoms with Crippen LogP contribution >= 0.6 is 11.6 Å². The Morgan fingerprint density at radius 1 is 1.14 bits per heavy atom. The van der Waals surface area contributed by atoms with Crippen LogP contribution in [0.5, 0.6) is 0 Å². The standard InChI is InChI=1S/C24H26ClFN8O2.C2HF3O2/c1-24(2,3)34-13-18(30-31-34)23(35)27-11-15-4-5-17(21(26)20(15)25)22-19-10-16(12-33(19)29-14-28-22)32-6-8-36-9-7-32;3-2(4,5)1(6)7/h4-5,10,12-14H,6-9,11H2,1-3H3,(H,27,35);(H,6,7). The Balaban J connectivity index is 0.000000541. The number of carboxylic acid groups (broad SMARTS) is 1. The Labute approximate surface area is 247 Å². The van der Waals surface area contributed by atoms with Crippen LogP contribution in [0.25, 0.3) is 16.8 Å². The Kier molecular flexibility index (Phi) is 9.20. The number of nitrogens with zero attached hydrogens (tertiary/aromatic N) is 7. The Hall–Kier alpha value is -4.31. The van der Waals surface area contributed by atoms with Crippen LogP contribution in [0.2, 0.25) is 5.02 Å². The molecule has 0 bridgehead atoms. The molecule has 0 atom stereocenters. The number of carbonyl (C=O) groups excluding carboxylic acids is 1. The van der Waals surface area contributed by atoms with Crippen molar-refractivity contribution in [2.75, 3.05) is 31.2 Å². The number of carboxylic acids is 1. The van der Waals surface area contributed by atoms with Gasteiger partial charge in [-0.05, 0) is 38.5 Å². The maximum absolute atomic E-state index is 15.5. The molecule has 1 amide bonds. The molecule has 1 aromatic carbocycles. The molecular weight excluding hydrogens is 600 g/mol. The van der Waals surface area contributed by atoms with Crippen LogP contribution in [0.1, 0.15) is 36.8 Å². The number of anilines is 1. The summed E-state index contributed by atoms with van der Waals surface area (Å²) in [7, 11) is 0. The molecule has 17 heteroatoms. The Morgan fingerprint density at radius 2 is 1.81 bits per heavy atom. The SMILES string of the molecule is CC(C)(C)n1cc(C(=O)NCc2ccc(-c3ncnn4cc(N5CCOCC5)cc34)c(F)c2Cl)nn1.O=C(O)C(F)(F)F. The van der Waals surface area contributed by atoms with Crippen LogP contribution in [0.15, 0.2) is 36.9 Å². The van der Waals surface area contributed by atoms with Gasteiger partial charge in [0.1, 0.15) is 12.0 Å². The molecule has 230 valence electrons. The van der Waals surface area contributed by atoms with E-state index in [0.717, 1.165) is 18.8 Å². The Bertz CT molecular complexity index is 1630. The van der Waals surface area contributed by atoms with Crippen molar-refractivity contribution < 1.29 is 37.0 Å². The highest BCUT2D eigenvalue weighted by Crippen LogP contribution is 2.33. The first kappa shape index (κ1) is 31.6. The van der Waals surface area contributed by atoms with E-state index in [4.69, 9.17) is 26.2 Å². The summed E-state index contributed by atoms with van der Waals surface area (Å²) in [6, 6.07) is 5.23. The summed E-state index contributed by atoms with van der Waals surface area (Å²) >= 11 is 6.39. The highest BCUT2D eigenvalue weighted by atomic mass is 35.5. The molecule has 0 saturated carbocycles. The third kappa shape index (κ3) is 7.37. The monoisotopic (exact) mass is 626 g/mol. The molecule has 0 aliphatic carbocycles. The molecule has 12 nitrogen and oxygen atoms in total. The molecule has 4 heterocycles. The van der Waals surface area contributed by atoms with Gasteiger partial charge in [0.05, 0.1) is 47.4 Å². The van der Waals surface area contributed by atoms with Gasteiger partial charge in [0, 0.05) is 25.2 Å². The van der Waals surface area contributed by atoms with Gasteiger partial charge in [0.15, 0.2) is 11.5 Å². The van der Waals surface area contributed by atoms with Gasteiger partial charge in [-0.3, -0.25) is 4.79 Å². The van der Waals surface area contributed by atoms with Crippen molar-refractivity contribution in [1.29, 1.82) is 0 Å². The summed E-state index contributed by atoms with van der Waals surface area (Å²) in [5.74, 6) is -3.79. The van der Waals surface area contributed by atoms with E-state index in [0.29, 0.717) is 30.0 Å². The molecule has 1 aliphatic heterocycles. The molecular formula is C26H27ClF4N8O4. The first-order chi connectivity index (χ1) is 20.2. The lowest BCUT2D eigenvalue weighted by atomic mass is 10.1. The molecule has 1 fully saturated rings. The largest absolute Gasteiger partial charge is 0.490 e. The number of carbonyl (C=O) groups is 2.